The largest absolute Gasteiger partial charge is 0.489 e. The van der Waals surface area contributed by atoms with Gasteiger partial charge in [-0.2, -0.15) is 0 Å². The van der Waals surface area contributed by atoms with Crippen molar-refractivity contribution in [2.24, 2.45) is 5.73 Å². The van der Waals surface area contributed by atoms with E-state index in [9.17, 15) is 4.79 Å². The number of nitrogens with zero attached hydrogens (tertiary/aromatic N) is 3. The van der Waals surface area contributed by atoms with Crippen molar-refractivity contribution in [2.75, 3.05) is 25.5 Å². The number of fused-ring (bicyclic) bond motifs is 1. The Balaban J connectivity index is 1.51. The van der Waals surface area contributed by atoms with Crippen molar-refractivity contribution in [3.63, 3.8) is 0 Å². The molecule has 1 aliphatic heterocycles. The molecule has 0 saturated carbocycles. The van der Waals surface area contributed by atoms with Gasteiger partial charge in [0.05, 0.1) is 34.5 Å². The van der Waals surface area contributed by atoms with Crippen LogP contribution in [0.25, 0.3) is 21.3 Å². The number of nitrogens with one attached hydrogen (secondary N) is 1. The summed E-state index contributed by atoms with van der Waals surface area (Å²) in [6, 6.07) is 8.18. The van der Waals surface area contributed by atoms with Crippen molar-refractivity contribution in [2.45, 2.75) is 45.6 Å². The highest BCUT2D eigenvalue weighted by Gasteiger charge is 2.23. The number of anilines is 2. The minimum atomic E-state index is -0.500. The third kappa shape index (κ3) is 4.81. The van der Waals surface area contributed by atoms with Crippen LogP contribution >= 0.6 is 11.3 Å². The molecule has 0 aliphatic carbocycles. The fourth-order valence-electron chi connectivity index (χ4n) is 4.73. The van der Waals surface area contributed by atoms with Gasteiger partial charge in [0, 0.05) is 11.1 Å². The van der Waals surface area contributed by atoms with Gasteiger partial charge in [-0.3, -0.25) is 4.79 Å². The van der Waals surface area contributed by atoms with E-state index >= 15 is 0 Å². The molecule has 1 amide bonds. The lowest BCUT2D eigenvalue weighted by Gasteiger charge is -2.29. The Morgan fingerprint density at radius 1 is 1.28 bits per heavy atom. The predicted octanol–water partition coefficient (Wildman–Crippen LogP) is 5.70. The number of thiophene rings is 1. The topological polar surface area (TPSA) is 107 Å². The summed E-state index contributed by atoms with van der Waals surface area (Å²) in [6.45, 7) is 8.09. The van der Waals surface area contributed by atoms with Crippen LogP contribution in [0.2, 0.25) is 0 Å². The van der Waals surface area contributed by atoms with Crippen LogP contribution in [0.3, 0.4) is 0 Å². The highest BCUT2D eigenvalue weighted by Crippen LogP contribution is 2.40. The molecule has 9 heteroatoms. The van der Waals surface area contributed by atoms with Crippen molar-refractivity contribution >= 4 is 39.1 Å². The van der Waals surface area contributed by atoms with Gasteiger partial charge in [-0.25, -0.2) is 9.97 Å². The van der Waals surface area contributed by atoms with Gasteiger partial charge in [0.25, 0.3) is 5.91 Å². The minimum absolute atomic E-state index is 0.0207. The lowest BCUT2D eigenvalue weighted by Crippen LogP contribution is -2.29. The van der Waals surface area contributed by atoms with Gasteiger partial charge in [-0.05, 0) is 83.4 Å². The third-order valence-electron chi connectivity index (χ3n) is 6.59. The molecule has 4 aromatic rings. The molecular weight excluding hydrogens is 474 g/mol. The number of piperidine rings is 1. The molecule has 4 heterocycles. The number of rotatable bonds is 7. The second-order valence-electron chi connectivity index (χ2n) is 9.59. The van der Waals surface area contributed by atoms with Crippen LogP contribution in [0.15, 0.2) is 41.1 Å². The fourth-order valence-corrected chi connectivity index (χ4v) is 5.71. The van der Waals surface area contributed by atoms with Gasteiger partial charge in [-0.15, -0.1) is 11.3 Å². The summed E-state index contributed by atoms with van der Waals surface area (Å²) in [7, 11) is 2.17. The molecule has 3 N–H and O–H groups in total. The van der Waals surface area contributed by atoms with Gasteiger partial charge in [0.1, 0.15) is 16.4 Å². The number of carbonyl (C=O) groups is 1. The molecule has 3 aromatic heterocycles. The van der Waals surface area contributed by atoms with E-state index in [4.69, 9.17) is 19.9 Å². The monoisotopic (exact) mass is 505 g/mol. The van der Waals surface area contributed by atoms with Crippen LogP contribution in [0, 0.1) is 6.92 Å². The molecule has 1 fully saturated rings. The molecule has 0 spiro atoms. The first-order valence-electron chi connectivity index (χ1n) is 12.2. The number of ether oxygens (including phenoxy) is 1. The lowest BCUT2D eigenvalue weighted by molar-refractivity contribution is 0.100. The molecule has 1 saturated heterocycles. The van der Waals surface area contributed by atoms with Crippen LogP contribution in [-0.2, 0) is 0 Å². The maximum absolute atomic E-state index is 12.2. The molecule has 188 valence electrons. The number of furan rings is 1. The molecule has 0 atom stereocenters. The van der Waals surface area contributed by atoms with Crippen molar-refractivity contribution in [1.29, 1.82) is 0 Å². The smallest absolute Gasteiger partial charge is 0.259 e. The Hall–Kier alpha value is -3.43. The van der Waals surface area contributed by atoms with Crippen LogP contribution in [-0.4, -0.2) is 47.0 Å². The van der Waals surface area contributed by atoms with Gasteiger partial charge < -0.3 is 25.1 Å². The number of benzene rings is 1. The molecular formula is C27H31N5O3S. The average molecular weight is 506 g/mol. The minimum Gasteiger partial charge on any atom is -0.489 e. The first-order chi connectivity index (χ1) is 17.3. The van der Waals surface area contributed by atoms with E-state index in [1.165, 1.54) is 16.9 Å². The Kier molecular flexibility index (Phi) is 6.68. The highest BCUT2D eigenvalue weighted by atomic mass is 32.1. The van der Waals surface area contributed by atoms with E-state index in [0.29, 0.717) is 33.6 Å². The summed E-state index contributed by atoms with van der Waals surface area (Å²) in [4.78, 5) is 24.3. The van der Waals surface area contributed by atoms with Gasteiger partial charge >= 0.3 is 0 Å². The lowest BCUT2D eigenvalue weighted by atomic mass is 9.89. The van der Waals surface area contributed by atoms with E-state index in [-0.39, 0.29) is 6.10 Å². The molecule has 8 nitrogen and oxygen atoms in total. The Morgan fingerprint density at radius 3 is 2.72 bits per heavy atom. The number of amides is 1. The highest BCUT2D eigenvalue weighted by molar-refractivity contribution is 7.21. The first kappa shape index (κ1) is 24.3. The summed E-state index contributed by atoms with van der Waals surface area (Å²) in [5.74, 6) is 1.91. The third-order valence-corrected chi connectivity index (χ3v) is 7.72. The summed E-state index contributed by atoms with van der Waals surface area (Å²) in [5, 5.41) is 3.34. The zero-order valence-corrected chi connectivity index (χ0v) is 21.8. The van der Waals surface area contributed by atoms with Crippen molar-refractivity contribution in [1.82, 2.24) is 14.9 Å². The van der Waals surface area contributed by atoms with Gasteiger partial charge in [0.15, 0.2) is 0 Å². The fraction of sp³-hybridized carbons (Fsp3) is 0.370. The van der Waals surface area contributed by atoms with Crippen molar-refractivity contribution in [3.05, 3.63) is 52.9 Å². The standard InChI is InChI=1S/C27H31N5O3S/c1-15(2)35-21-13-18(17-7-10-32(4)11-8-17)5-6-20(21)30-27-29-14-22-24(31-27)23(25(36-22)26(28)33)19-9-12-34-16(19)3/h5-6,9,12-15,17H,7-8,10-11H2,1-4H3,(H2,28,33)(H,29,30,31). The zero-order valence-electron chi connectivity index (χ0n) is 21.0. The van der Waals surface area contributed by atoms with Crippen LogP contribution in [0.4, 0.5) is 11.6 Å². The van der Waals surface area contributed by atoms with E-state index in [0.717, 1.165) is 47.6 Å². The number of aryl methyl sites for hydroxylation is 1. The Labute approximate surface area is 214 Å². The molecule has 5 rings (SSSR count). The molecule has 0 bridgehead atoms. The Morgan fingerprint density at radius 2 is 2.06 bits per heavy atom. The summed E-state index contributed by atoms with van der Waals surface area (Å²) in [6.07, 6.45) is 5.62. The summed E-state index contributed by atoms with van der Waals surface area (Å²) >= 11 is 1.29. The maximum atomic E-state index is 12.2. The zero-order chi connectivity index (χ0) is 25.4. The van der Waals surface area contributed by atoms with E-state index in [1.54, 1.807) is 12.5 Å². The number of carbonyl (C=O) groups excluding carboxylic acids is 1. The number of hydrogen-bond donors (Lipinski definition) is 2. The van der Waals surface area contributed by atoms with Crippen LogP contribution in [0.5, 0.6) is 5.75 Å². The van der Waals surface area contributed by atoms with Crippen molar-refractivity contribution in [3.8, 4) is 16.9 Å². The predicted molar refractivity (Wildman–Crippen MR) is 143 cm³/mol. The summed E-state index contributed by atoms with van der Waals surface area (Å²) in [5.41, 5.74) is 9.93. The molecule has 36 heavy (non-hydrogen) atoms. The molecule has 0 radical (unpaired) electrons. The van der Waals surface area contributed by atoms with Gasteiger partial charge in [0.2, 0.25) is 5.95 Å². The number of aromatic nitrogens is 2. The maximum Gasteiger partial charge on any atom is 0.259 e. The van der Waals surface area contributed by atoms with E-state index in [1.807, 2.05) is 32.9 Å². The number of hydrogen-bond acceptors (Lipinski definition) is 8. The Bertz CT molecular complexity index is 1400. The number of nitrogens with two attached hydrogens (primary N) is 1. The van der Waals surface area contributed by atoms with Crippen molar-refractivity contribution < 1.29 is 13.9 Å². The van der Waals surface area contributed by atoms with E-state index in [2.05, 4.69) is 34.4 Å². The first-order valence-corrected chi connectivity index (χ1v) is 13.0. The van der Waals surface area contributed by atoms with Gasteiger partial charge in [-0.1, -0.05) is 6.07 Å². The average Bonchev–Trinajstić information content (AvgIpc) is 3.43. The number of likely N-dealkylation sites (tertiary alicyclic amines) is 1. The molecule has 1 aromatic carbocycles. The van der Waals surface area contributed by atoms with Crippen LogP contribution < -0.4 is 15.8 Å². The molecule has 0 unspecified atom stereocenters. The second kappa shape index (κ2) is 9.91. The number of primary amides is 1. The SMILES string of the molecule is Cc1occc1-c1c(C(N)=O)sc2cnc(Nc3ccc(C4CCN(C)CC4)cc3OC(C)C)nc12. The van der Waals surface area contributed by atoms with E-state index < -0.39 is 5.91 Å². The summed E-state index contributed by atoms with van der Waals surface area (Å²) < 4.78 is 12.5. The second-order valence-corrected chi connectivity index (χ2v) is 10.6. The quantitative estimate of drug-likeness (QED) is 0.332. The molecule has 1 aliphatic rings. The normalized spacial score (nSPS) is 15.0. The van der Waals surface area contributed by atoms with Crippen LogP contribution in [0.1, 0.15) is 53.6 Å².